The van der Waals surface area contributed by atoms with Crippen molar-refractivity contribution in [3.63, 3.8) is 0 Å². The third-order valence-electron chi connectivity index (χ3n) is 1.66. The quantitative estimate of drug-likeness (QED) is 0.689. The third kappa shape index (κ3) is 2.47. The van der Waals surface area contributed by atoms with Crippen molar-refractivity contribution in [3.8, 4) is 0 Å². The van der Waals surface area contributed by atoms with Crippen molar-refractivity contribution in [3.05, 3.63) is 36.7 Å². The van der Waals surface area contributed by atoms with Gasteiger partial charge in [-0.2, -0.15) is 0 Å². The van der Waals surface area contributed by atoms with Gasteiger partial charge in [0.05, 0.1) is 0 Å². The lowest BCUT2D eigenvalue weighted by Crippen LogP contribution is -1.83. The Morgan fingerprint density at radius 1 is 1.00 bits per heavy atom. The predicted octanol–water partition coefficient (Wildman–Crippen LogP) is 2.66. The molecule has 0 atom stereocenters. The van der Waals surface area contributed by atoms with Crippen LogP contribution in [0.25, 0.3) is 10.8 Å². The number of fused-ring (bicyclic) bond motifs is 1. The van der Waals surface area contributed by atoms with Crippen molar-refractivity contribution >= 4 is 41.3 Å². The number of hydrogen-bond acceptors (Lipinski definition) is 2. The van der Waals surface area contributed by atoms with E-state index in [-0.39, 0.29) is 24.8 Å². The Labute approximate surface area is 89.0 Å². The molecule has 1 aromatic carbocycles. The average Bonchev–Trinajstić information content (AvgIpc) is 2.04. The minimum atomic E-state index is 0. The second kappa shape index (κ2) is 4.90. The Kier molecular flexibility index (Phi) is 4.52. The lowest BCUT2D eigenvalue weighted by Gasteiger charge is -1.96. The van der Waals surface area contributed by atoms with Crippen molar-refractivity contribution in [2.75, 3.05) is 5.73 Å². The van der Waals surface area contributed by atoms with Crippen molar-refractivity contribution in [2.45, 2.75) is 0 Å². The van der Waals surface area contributed by atoms with E-state index in [1.54, 1.807) is 6.20 Å². The molecule has 13 heavy (non-hydrogen) atoms. The Hall–Kier alpha value is -0.990. The number of rotatable bonds is 0. The van der Waals surface area contributed by atoms with Crippen LogP contribution in [0.2, 0.25) is 0 Å². The van der Waals surface area contributed by atoms with Gasteiger partial charge in [-0.1, -0.05) is 6.07 Å². The molecule has 2 rings (SSSR count). The summed E-state index contributed by atoms with van der Waals surface area (Å²) in [6.07, 6.45) is 3.59. The monoisotopic (exact) mass is 216 g/mol. The summed E-state index contributed by atoms with van der Waals surface area (Å²) in [4.78, 5) is 4.00. The SMILES string of the molecule is Cl.Cl.Nc1ccc2ccncc2c1. The molecule has 2 aromatic rings. The highest BCUT2D eigenvalue weighted by Gasteiger charge is 1.90. The molecule has 0 saturated carbocycles. The average molecular weight is 217 g/mol. The van der Waals surface area contributed by atoms with E-state index in [1.807, 2.05) is 30.5 Å². The molecule has 70 valence electrons. The van der Waals surface area contributed by atoms with Crippen LogP contribution in [0.5, 0.6) is 0 Å². The van der Waals surface area contributed by atoms with E-state index >= 15 is 0 Å². The molecule has 4 heteroatoms. The molecule has 0 aliphatic rings. The number of nitrogens with zero attached hydrogens (tertiary/aromatic N) is 1. The molecule has 0 saturated heterocycles. The Balaban J connectivity index is 0.000000720. The first-order valence-electron chi connectivity index (χ1n) is 3.45. The first-order valence-corrected chi connectivity index (χ1v) is 3.45. The molecule has 1 heterocycles. The fourth-order valence-electron chi connectivity index (χ4n) is 1.10. The van der Waals surface area contributed by atoms with Crippen molar-refractivity contribution in [1.29, 1.82) is 0 Å². The van der Waals surface area contributed by atoms with Crippen LogP contribution in [0.15, 0.2) is 36.7 Å². The summed E-state index contributed by atoms with van der Waals surface area (Å²) in [7, 11) is 0. The molecule has 0 fully saturated rings. The van der Waals surface area contributed by atoms with E-state index in [2.05, 4.69) is 4.98 Å². The maximum Gasteiger partial charge on any atom is 0.0347 e. The van der Waals surface area contributed by atoms with Gasteiger partial charge in [0.2, 0.25) is 0 Å². The number of benzene rings is 1. The molecule has 1 aromatic heterocycles. The van der Waals surface area contributed by atoms with Crippen LogP contribution in [-0.4, -0.2) is 4.98 Å². The summed E-state index contributed by atoms with van der Waals surface area (Å²) in [6.45, 7) is 0. The first kappa shape index (κ1) is 12.0. The number of nitrogens with two attached hydrogens (primary N) is 1. The molecule has 0 bridgehead atoms. The van der Waals surface area contributed by atoms with Crippen LogP contribution in [0.3, 0.4) is 0 Å². The number of halogens is 2. The summed E-state index contributed by atoms with van der Waals surface area (Å²) in [5.74, 6) is 0. The molecule has 0 aliphatic carbocycles. The lowest BCUT2D eigenvalue weighted by molar-refractivity contribution is 1.36. The van der Waals surface area contributed by atoms with Gasteiger partial charge in [0.25, 0.3) is 0 Å². The van der Waals surface area contributed by atoms with Crippen molar-refractivity contribution < 1.29 is 0 Å². The highest BCUT2D eigenvalue weighted by atomic mass is 35.5. The number of anilines is 1. The van der Waals surface area contributed by atoms with Crippen LogP contribution in [0.1, 0.15) is 0 Å². The zero-order valence-electron chi connectivity index (χ0n) is 6.81. The number of pyridine rings is 1. The van der Waals surface area contributed by atoms with Crippen molar-refractivity contribution in [1.82, 2.24) is 4.98 Å². The number of nitrogen functional groups attached to an aromatic ring is 1. The molecule has 2 nitrogen and oxygen atoms in total. The van der Waals surface area contributed by atoms with E-state index in [4.69, 9.17) is 5.73 Å². The fraction of sp³-hybridized carbons (Fsp3) is 0. The van der Waals surface area contributed by atoms with Gasteiger partial charge in [0.15, 0.2) is 0 Å². The maximum absolute atomic E-state index is 5.60. The highest BCUT2D eigenvalue weighted by molar-refractivity contribution is 5.85. The normalized spacial score (nSPS) is 8.62. The lowest BCUT2D eigenvalue weighted by atomic mass is 10.2. The molecule has 0 amide bonds. The van der Waals surface area contributed by atoms with Crippen LogP contribution < -0.4 is 5.73 Å². The Morgan fingerprint density at radius 3 is 2.54 bits per heavy atom. The van der Waals surface area contributed by atoms with Crippen LogP contribution in [0, 0.1) is 0 Å². The van der Waals surface area contributed by atoms with E-state index in [0.29, 0.717) is 0 Å². The van der Waals surface area contributed by atoms with E-state index < -0.39 is 0 Å². The van der Waals surface area contributed by atoms with E-state index in [1.165, 1.54) is 5.39 Å². The summed E-state index contributed by atoms with van der Waals surface area (Å²) in [5.41, 5.74) is 6.38. The fourth-order valence-corrected chi connectivity index (χ4v) is 1.10. The maximum atomic E-state index is 5.60. The smallest absolute Gasteiger partial charge is 0.0347 e. The Bertz CT molecular complexity index is 390. The van der Waals surface area contributed by atoms with Gasteiger partial charge >= 0.3 is 0 Å². The summed E-state index contributed by atoms with van der Waals surface area (Å²) in [6, 6.07) is 7.77. The second-order valence-electron chi connectivity index (χ2n) is 2.48. The van der Waals surface area contributed by atoms with Gasteiger partial charge in [0.1, 0.15) is 0 Å². The molecule has 0 unspecified atom stereocenters. The molecular weight excluding hydrogens is 207 g/mol. The molecule has 0 aliphatic heterocycles. The molecular formula is C9H10Cl2N2. The van der Waals surface area contributed by atoms with Gasteiger partial charge in [-0.05, 0) is 23.6 Å². The van der Waals surface area contributed by atoms with Gasteiger partial charge in [-0.15, -0.1) is 24.8 Å². The molecule has 0 radical (unpaired) electrons. The minimum absolute atomic E-state index is 0. The summed E-state index contributed by atoms with van der Waals surface area (Å²) < 4.78 is 0. The standard InChI is InChI=1S/C9H8N2.2ClH/c10-9-2-1-7-3-4-11-6-8(7)5-9;;/h1-6H,10H2;2*1H. The van der Waals surface area contributed by atoms with Crippen LogP contribution in [-0.2, 0) is 0 Å². The van der Waals surface area contributed by atoms with Gasteiger partial charge in [0, 0.05) is 23.5 Å². The van der Waals surface area contributed by atoms with Gasteiger partial charge in [-0.25, -0.2) is 0 Å². The molecule has 2 N–H and O–H groups in total. The van der Waals surface area contributed by atoms with E-state index in [0.717, 1.165) is 11.1 Å². The topological polar surface area (TPSA) is 38.9 Å². The zero-order valence-corrected chi connectivity index (χ0v) is 8.44. The second-order valence-corrected chi connectivity index (χ2v) is 2.48. The van der Waals surface area contributed by atoms with Crippen LogP contribution >= 0.6 is 24.8 Å². The third-order valence-corrected chi connectivity index (χ3v) is 1.66. The summed E-state index contributed by atoms with van der Waals surface area (Å²) in [5, 5.41) is 2.27. The number of aromatic nitrogens is 1. The van der Waals surface area contributed by atoms with Gasteiger partial charge < -0.3 is 5.73 Å². The first-order chi connectivity index (χ1) is 5.36. The largest absolute Gasteiger partial charge is 0.399 e. The van der Waals surface area contributed by atoms with E-state index in [9.17, 15) is 0 Å². The van der Waals surface area contributed by atoms with Crippen LogP contribution in [0.4, 0.5) is 5.69 Å². The van der Waals surface area contributed by atoms with Gasteiger partial charge in [-0.3, -0.25) is 4.98 Å². The zero-order chi connectivity index (χ0) is 7.68. The van der Waals surface area contributed by atoms with Crippen molar-refractivity contribution in [2.24, 2.45) is 0 Å². The number of hydrogen-bond donors (Lipinski definition) is 1. The summed E-state index contributed by atoms with van der Waals surface area (Å²) >= 11 is 0. The highest BCUT2D eigenvalue weighted by Crippen LogP contribution is 2.14. The Morgan fingerprint density at radius 2 is 1.77 bits per heavy atom. The molecule has 0 spiro atoms. The minimum Gasteiger partial charge on any atom is -0.399 e. The predicted molar refractivity (Wildman–Crippen MR) is 60.7 cm³/mol.